The molecule has 0 saturated carbocycles. The standard InChI is InChI=1S/C16H21N5O3S/c1-9-7-11(20-24-9)13(22)18-14-17-10-5-6-21(8-12(10)25-14)15(23)19-16(2,3)4/h7H,5-6,8H2,1-4H3,(H,19,23)(H,17,18,22). The van der Waals surface area contributed by atoms with Gasteiger partial charge in [-0.2, -0.15) is 0 Å². The van der Waals surface area contributed by atoms with Gasteiger partial charge in [-0.15, -0.1) is 0 Å². The summed E-state index contributed by atoms with van der Waals surface area (Å²) in [5.74, 6) is 0.217. The number of nitrogens with one attached hydrogen (secondary N) is 2. The number of carbonyl (C=O) groups excluding carboxylic acids is 2. The normalized spacial score (nSPS) is 14.2. The van der Waals surface area contributed by atoms with E-state index in [0.29, 0.717) is 30.4 Å². The van der Waals surface area contributed by atoms with E-state index in [0.717, 1.165) is 10.6 Å². The fraction of sp³-hybridized carbons (Fsp3) is 0.500. The highest BCUT2D eigenvalue weighted by Gasteiger charge is 2.26. The van der Waals surface area contributed by atoms with Crippen molar-refractivity contribution in [3.05, 3.63) is 28.1 Å². The Bertz CT molecular complexity index is 805. The molecule has 0 atom stereocenters. The maximum absolute atomic E-state index is 12.3. The maximum Gasteiger partial charge on any atom is 0.318 e. The van der Waals surface area contributed by atoms with Crippen molar-refractivity contribution in [2.45, 2.75) is 46.2 Å². The molecule has 2 aromatic heterocycles. The van der Waals surface area contributed by atoms with Gasteiger partial charge < -0.3 is 14.7 Å². The monoisotopic (exact) mass is 363 g/mol. The summed E-state index contributed by atoms with van der Waals surface area (Å²) in [6, 6.07) is 1.48. The number of rotatable bonds is 2. The van der Waals surface area contributed by atoms with Crippen LogP contribution >= 0.6 is 11.3 Å². The topological polar surface area (TPSA) is 100 Å². The van der Waals surface area contributed by atoms with Crippen LogP contribution in [0.15, 0.2) is 10.6 Å². The third kappa shape index (κ3) is 4.16. The Kier molecular flexibility index (Phi) is 4.51. The minimum absolute atomic E-state index is 0.0878. The molecule has 3 heterocycles. The van der Waals surface area contributed by atoms with Crippen LogP contribution in [0.25, 0.3) is 0 Å². The molecule has 0 bridgehead atoms. The van der Waals surface area contributed by atoms with Gasteiger partial charge in [0.2, 0.25) is 0 Å². The molecule has 2 N–H and O–H groups in total. The van der Waals surface area contributed by atoms with Gasteiger partial charge in [-0.3, -0.25) is 10.1 Å². The highest BCUT2D eigenvalue weighted by molar-refractivity contribution is 7.15. The van der Waals surface area contributed by atoms with Gasteiger partial charge in [-0.1, -0.05) is 16.5 Å². The summed E-state index contributed by atoms with van der Waals surface area (Å²) in [6.45, 7) is 8.68. The van der Waals surface area contributed by atoms with Crippen molar-refractivity contribution in [3.63, 3.8) is 0 Å². The summed E-state index contributed by atoms with van der Waals surface area (Å²) >= 11 is 1.38. The summed E-state index contributed by atoms with van der Waals surface area (Å²) in [6.07, 6.45) is 0.669. The number of urea groups is 1. The van der Waals surface area contributed by atoms with Gasteiger partial charge in [0, 0.05) is 29.4 Å². The first kappa shape index (κ1) is 17.4. The van der Waals surface area contributed by atoms with Crippen LogP contribution in [0.2, 0.25) is 0 Å². The average Bonchev–Trinajstić information content (AvgIpc) is 3.10. The zero-order valence-electron chi connectivity index (χ0n) is 14.7. The minimum Gasteiger partial charge on any atom is -0.361 e. The van der Waals surface area contributed by atoms with Crippen molar-refractivity contribution >= 4 is 28.4 Å². The van der Waals surface area contributed by atoms with Crippen molar-refractivity contribution in [3.8, 4) is 0 Å². The number of hydrogen-bond donors (Lipinski definition) is 2. The maximum atomic E-state index is 12.3. The average molecular weight is 363 g/mol. The smallest absolute Gasteiger partial charge is 0.318 e. The van der Waals surface area contributed by atoms with Gasteiger partial charge in [0.25, 0.3) is 5.91 Å². The number of nitrogens with zero attached hydrogens (tertiary/aromatic N) is 3. The summed E-state index contributed by atoms with van der Waals surface area (Å²) in [5, 5.41) is 9.90. The molecule has 8 nitrogen and oxygen atoms in total. The molecule has 0 unspecified atom stereocenters. The Balaban J connectivity index is 1.66. The highest BCUT2D eigenvalue weighted by atomic mass is 32.1. The van der Waals surface area contributed by atoms with Gasteiger partial charge in [-0.25, -0.2) is 9.78 Å². The molecule has 0 aromatic carbocycles. The predicted octanol–water partition coefficient (Wildman–Crippen LogP) is 2.56. The largest absolute Gasteiger partial charge is 0.361 e. The van der Waals surface area contributed by atoms with E-state index >= 15 is 0 Å². The fourth-order valence-electron chi connectivity index (χ4n) is 2.46. The van der Waals surface area contributed by atoms with E-state index in [-0.39, 0.29) is 23.2 Å². The van der Waals surface area contributed by atoms with Gasteiger partial charge in [0.1, 0.15) is 5.76 Å². The second kappa shape index (κ2) is 6.47. The van der Waals surface area contributed by atoms with E-state index in [1.165, 1.54) is 11.3 Å². The van der Waals surface area contributed by atoms with Gasteiger partial charge in [0.05, 0.1) is 12.2 Å². The molecule has 2 aromatic rings. The second-order valence-electron chi connectivity index (χ2n) is 7.02. The first-order valence-electron chi connectivity index (χ1n) is 8.01. The lowest BCUT2D eigenvalue weighted by Gasteiger charge is -2.30. The summed E-state index contributed by atoms with van der Waals surface area (Å²) in [5.41, 5.74) is 0.869. The Morgan fingerprint density at radius 2 is 2.12 bits per heavy atom. The van der Waals surface area contributed by atoms with Crippen LogP contribution in [-0.2, 0) is 13.0 Å². The van der Waals surface area contributed by atoms with Crippen molar-refractivity contribution < 1.29 is 14.1 Å². The molecule has 3 amide bonds. The SMILES string of the molecule is Cc1cc(C(=O)Nc2nc3c(s2)CN(C(=O)NC(C)(C)C)CC3)no1. The van der Waals surface area contributed by atoms with Crippen LogP contribution in [0.1, 0.15) is 47.6 Å². The van der Waals surface area contributed by atoms with Crippen LogP contribution in [0.3, 0.4) is 0 Å². The zero-order valence-corrected chi connectivity index (χ0v) is 15.5. The number of anilines is 1. The molecule has 0 radical (unpaired) electrons. The number of thiazole rings is 1. The molecule has 0 spiro atoms. The number of fused-ring (bicyclic) bond motifs is 1. The first-order chi connectivity index (χ1) is 11.7. The third-order valence-electron chi connectivity index (χ3n) is 3.58. The molecular formula is C16H21N5O3S. The summed E-state index contributed by atoms with van der Waals surface area (Å²) in [4.78, 5) is 31.6. The highest BCUT2D eigenvalue weighted by Crippen LogP contribution is 2.28. The number of carbonyl (C=O) groups is 2. The van der Waals surface area contributed by atoms with Gasteiger partial charge in [0.15, 0.2) is 10.8 Å². The van der Waals surface area contributed by atoms with E-state index in [4.69, 9.17) is 4.52 Å². The predicted molar refractivity (Wildman–Crippen MR) is 93.7 cm³/mol. The molecular weight excluding hydrogens is 342 g/mol. The number of aromatic nitrogens is 2. The molecule has 0 aliphatic carbocycles. The summed E-state index contributed by atoms with van der Waals surface area (Å²) < 4.78 is 4.91. The van der Waals surface area contributed by atoms with E-state index < -0.39 is 0 Å². The Morgan fingerprint density at radius 1 is 1.36 bits per heavy atom. The first-order valence-corrected chi connectivity index (χ1v) is 8.83. The second-order valence-corrected chi connectivity index (χ2v) is 8.10. The van der Waals surface area contributed by atoms with E-state index in [9.17, 15) is 9.59 Å². The van der Waals surface area contributed by atoms with Crippen molar-refractivity contribution in [2.24, 2.45) is 0 Å². The van der Waals surface area contributed by atoms with Crippen LogP contribution in [0.5, 0.6) is 0 Å². The van der Waals surface area contributed by atoms with Crippen LogP contribution in [0.4, 0.5) is 9.93 Å². The number of hydrogen-bond acceptors (Lipinski definition) is 6. The third-order valence-corrected chi connectivity index (χ3v) is 4.58. The van der Waals surface area contributed by atoms with E-state index in [2.05, 4.69) is 20.8 Å². The van der Waals surface area contributed by atoms with Gasteiger partial charge in [-0.05, 0) is 27.7 Å². The van der Waals surface area contributed by atoms with Crippen molar-refractivity contribution in [1.82, 2.24) is 20.4 Å². The molecule has 134 valence electrons. The lowest BCUT2D eigenvalue weighted by Crippen LogP contribution is -2.49. The lowest BCUT2D eigenvalue weighted by molar-refractivity contribution is 0.101. The zero-order chi connectivity index (χ0) is 18.2. The van der Waals surface area contributed by atoms with Crippen LogP contribution < -0.4 is 10.6 Å². The fourth-order valence-corrected chi connectivity index (χ4v) is 3.48. The number of amides is 3. The Labute approximate surface area is 149 Å². The van der Waals surface area contributed by atoms with E-state index in [1.54, 1.807) is 17.9 Å². The molecule has 0 fully saturated rings. The molecule has 3 rings (SSSR count). The molecule has 1 aliphatic heterocycles. The molecule has 1 aliphatic rings. The lowest BCUT2D eigenvalue weighted by atomic mass is 10.1. The van der Waals surface area contributed by atoms with E-state index in [1.807, 2.05) is 20.8 Å². The Hall–Kier alpha value is -2.42. The Morgan fingerprint density at radius 3 is 2.76 bits per heavy atom. The quantitative estimate of drug-likeness (QED) is 0.854. The van der Waals surface area contributed by atoms with Crippen molar-refractivity contribution in [2.75, 3.05) is 11.9 Å². The van der Waals surface area contributed by atoms with Crippen molar-refractivity contribution in [1.29, 1.82) is 0 Å². The molecule has 0 saturated heterocycles. The number of aryl methyl sites for hydroxylation is 1. The van der Waals surface area contributed by atoms with Crippen LogP contribution in [0, 0.1) is 6.92 Å². The summed E-state index contributed by atoms with van der Waals surface area (Å²) in [7, 11) is 0. The molecule has 25 heavy (non-hydrogen) atoms. The van der Waals surface area contributed by atoms with Crippen LogP contribution in [-0.4, -0.2) is 39.1 Å². The molecule has 9 heteroatoms. The minimum atomic E-state index is -0.356. The van der Waals surface area contributed by atoms with Gasteiger partial charge >= 0.3 is 6.03 Å².